The zero-order valence-electron chi connectivity index (χ0n) is 56.4. The minimum atomic E-state index is -1.40. The van der Waals surface area contributed by atoms with E-state index in [-0.39, 0.29) is 42.9 Å². The third-order valence-electron chi connectivity index (χ3n) is 11.3. The third kappa shape index (κ3) is 34.3. The van der Waals surface area contributed by atoms with E-state index in [1.807, 2.05) is 0 Å². The van der Waals surface area contributed by atoms with Crippen LogP contribution in [0.2, 0.25) is 30.1 Å². The second-order valence-corrected chi connectivity index (χ2v) is 26.6. The minimum absolute atomic E-state index is 0.0497. The summed E-state index contributed by atoms with van der Waals surface area (Å²) >= 11 is 77.8. The van der Waals surface area contributed by atoms with Gasteiger partial charge in [0.1, 0.15) is 34.2 Å². The van der Waals surface area contributed by atoms with Crippen molar-refractivity contribution in [1.29, 1.82) is 0 Å². The Kier molecular flexibility index (Phi) is 42.9. The maximum atomic E-state index is 12.5. The predicted molar refractivity (Wildman–Crippen MR) is 412 cm³/mol. The number of nitrogen functional groups attached to an aromatic ring is 1. The molecule has 0 saturated heterocycles. The van der Waals surface area contributed by atoms with Gasteiger partial charge in [0.25, 0.3) is 11.1 Å². The predicted octanol–water partition coefficient (Wildman–Crippen LogP) is 21.5. The second kappa shape index (κ2) is 49.0. The molecule has 9 rings (SSSR count). The number of nitrogens with zero attached hydrogens (tertiary/aromatic N) is 7. The number of aliphatic hydroxyl groups is 1. The number of carbonyl (C=O) groups excluding carboxylic acids is 6. The van der Waals surface area contributed by atoms with E-state index in [1.165, 1.54) is 18.3 Å². The number of carbonyl (C=O) groups is 6. The summed E-state index contributed by atoms with van der Waals surface area (Å²) < 4.78 is 48.6. The van der Waals surface area contributed by atoms with Gasteiger partial charge < -0.3 is 62.9 Å². The molecule has 4 N–H and O–H groups in total. The van der Waals surface area contributed by atoms with Crippen LogP contribution < -0.4 is 16.0 Å². The highest BCUT2D eigenvalue weighted by Crippen LogP contribution is 2.39. The van der Waals surface area contributed by atoms with Crippen molar-refractivity contribution in [1.82, 2.24) is 30.4 Å². The van der Waals surface area contributed by atoms with Gasteiger partial charge in [-0.1, -0.05) is 173 Å². The molecule has 106 heavy (non-hydrogen) atoms. The molecule has 0 fully saturated rings. The second-order valence-electron chi connectivity index (χ2n) is 20.8. The summed E-state index contributed by atoms with van der Waals surface area (Å²) in [5.74, 6) is 0.510. The van der Waals surface area contributed by atoms with Gasteiger partial charge in [-0.2, -0.15) is 0 Å². The third-order valence-corrected chi connectivity index (χ3v) is 14.7. The summed E-state index contributed by atoms with van der Waals surface area (Å²) in [5, 5.41) is 25.1. The quantitative estimate of drug-likeness (QED) is 0.0222. The van der Waals surface area contributed by atoms with Gasteiger partial charge in [0.2, 0.25) is 0 Å². The van der Waals surface area contributed by atoms with Crippen molar-refractivity contribution in [2.45, 2.75) is 89.5 Å². The Labute approximate surface area is 677 Å². The van der Waals surface area contributed by atoms with Crippen molar-refractivity contribution in [2.75, 3.05) is 41.5 Å². The molecule has 572 valence electrons. The van der Waals surface area contributed by atoms with Gasteiger partial charge >= 0.3 is 23.9 Å². The average molecular weight is 1750 g/mol. The largest absolute Gasteiger partial charge is 0.510 e. The van der Waals surface area contributed by atoms with E-state index in [4.69, 9.17) is 194 Å². The maximum Gasteiger partial charge on any atom is 0.510 e. The Hall–Kier alpha value is -7.22. The molecule has 3 aromatic carbocycles. The number of aromatic nitrogens is 6. The summed E-state index contributed by atoms with van der Waals surface area (Å²) in [6, 6.07) is 30.1. The molecular formula is C66H63Cl14N9O17. The molecule has 0 aliphatic carbocycles. The lowest BCUT2D eigenvalue weighted by atomic mass is 10.1. The fourth-order valence-corrected chi connectivity index (χ4v) is 9.50. The van der Waals surface area contributed by atoms with Crippen molar-refractivity contribution >= 4 is 215 Å². The molecule has 1 amide bonds. The molecule has 6 heterocycles. The number of amides is 1. The normalized spacial score (nSPS) is 10.4. The van der Waals surface area contributed by atoms with E-state index in [9.17, 15) is 28.8 Å². The van der Waals surface area contributed by atoms with Crippen LogP contribution >= 0.6 is 162 Å². The number of hydrogen-bond donors (Lipinski definition) is 3. The van der Waals surface area contributed by atoms with Crippen LogP contribution in [-0.2, 0) is 42.7 Å². The molecule has 0 aliphatic heterocycles. The average Bonchev–Trinajstić information content (AvgIpc) is 1.65. The first-order valence-corrected chi connectivity index (χ1v) is 35.7. The summed E-state index contributed by atoms with van der Waals surface area (Å²) in [6.07, 6.45) is 1.26. The molecule has 0 unspecified atom stereocenters. The SMILES string of the molecule is CC(C)O.CC(C)OC(=O)OCCl.CC(C)OC(=O)OCN(C(=O)C(Cl)Cl)c1ccnc(-c2cc(-c3c(Cl)cccc3Cl)no2)c1.CC(C)OC(=O)OCNc1ccnc(-c2cc(-c3c(Cl)cccc3Cl)no2)c1.Nc1ccnc(-c2cc(-c3c(Cl)cccc3Cl)no2)c1.O=C(Cl)C(Cl)Cl.O=C(Cl)OCCl. The van der Waals surface area contributed by atoms with Gasteiger partial charge in [-0.25, -0.2) is 19.2 Å². The number of ether oxygens (including phenoxy) is 7. The van der Waals surface area contributed by atoms with Gasteiger partial charge in [-0.3, -0.25) is 29.4 Å². The summed E-state index contributed by atoms with van der Waals surface area (Å²) in [6.45, 7) is 13.2. The first-order valence-electron chi connectivity index (χ1n) is 29.9. The Morgan fingerprint density at radius 3 is 1.17 bits per heavy atom. The first-order chi connectivity index (χ1) is 50.1. The zero-order chi connectivity index (χ0) is 79.3. The van der Waals surface area contributed by atoms with Crippen LogP contribution in [0.4, 0.5) is 36.2 Å². The lowest BCUT2D eigenvalue weighted by molar-refractivity contribution is -0.118. The van der Waals surface area contributed by atoms with Gasteiger partial charge in [0.05, 0.1) is 54.1 Å². The molecule has 0 radical (unpaired) electrons. The van der Waals surface area contributed by atoms with Crippen molar-refractivity contribution in [3.8, 4) is 68.1 Å². The van der Waals surface area contributed by atoms with E-state index in [2.05, 4.69) is 61.6 Å². The Morgan fingerprint density at radius 1 is 0.481 bits per heavy atom. The van der Waals surface area contributed by atoms with Crippen LogP contribution in [0.25, 0.3) is 68.1 Å². The van der Waals surface area contributed by atoms with Crippen molar-refractivity contribution in [3.63, 3.8) is 0 Å². The Balaban J connectivity index is 0.000000360. The monoisotopic (exact) mass is 1740 g/mol. The summed E-state index contributed by atoms with van der Waals surface area (Å²) in [7, 11) is 0. The van der Waals surface area contributed by atoms with Gasteiger partial charge in [0, 0.05) is 82.6 Å². The number of aliphatic hydroxyl groups excluding tert-OH is 1. The van der Waals surface area contributed by atoms with E-state index < -0.39 is 57.6 Å². The fourth-order valence-electron chi connectivity index (χ4n) is 7.19. The number of halogens is 14. The van der Waals surface area contributed by atoms with Crippen LogP contribution in [0.15, 0.2) is 141 Å². The number of anilines is 3. The summed E-state index contributed by atoms with van der Waals surface area (Å²) in [5.41, 5.74) is 11.1. The Bertz CT molecular complexity index is 4200. The molecular weight excluding hydrogens is 1690 g/mol. The fraction of sp³-hybridized carbons (Fsp3) is 0.273. The van der Waals surface area contributed by atoms with E-state index in [0.29, 0.717) is 110 Å². The molecule has 0 spiro atoms. The maximum absolute atomic E-state index is 12.5. The smallest absolute Gasteiger partial charge is 0.437 e. The standard InChI is InChI=1S/C21H17Cl4N3O5.C19H17Cl2N3O4.C14H9Cl2N3O.C5H9ClO3.C3H8O.C2HCl3O.C2H2Cl2O2/c1-11(2)32-21(30)31-10-28(20(29)19(24)25)12-6-7-26-15(8-12)17-9-16(27-33-17)18-13(22)4-3-5-14(18)23;1-11(2)27-19(25)26-10-23-12-6-7-22-15(8-12)17-9-16(24-28-17)18-13(20)4-3-5-14(18)21;15-9-2-1-3-10(16)14(9)12-7-13(20-19-12)11-6-8(17)4-5-18-11;1-4(2)9-5(7)8-3-6;1-3(2)4;3-1(4)2(5)6;3-1-6-2(4)5/h3-9,11,19H,10H2,1-2H3;3-9,11H,10H2,1-2H3,(H,22,23);1-7H,(H2,17,18);4H,3H2,1-2H3;3-4H,1-2H3;1H;1H2. The lowest BCUT2D eigenvalue weighted by Gasteiger charge is -2.23. The number of nitrogens with one attached hydrogen (secondary N) is 1. The zero-order valence-corrected chi connectivity index (χ0v) is 67.0. The van der Waals surface area contributed by atoms with Crippen LogP contribution in [-0.4, -0.2) is 130 Å². The minimum Gasteiger partial charge on any atom is -0.437 e. The van der Waals surface area contributed by atoms with E-state index >= 15 is 0 Å². The number of nitrogens with two attached hydrogens (primary N) is 1. The van der Waals surface area contributed by atoms with Crippen LogP contribution in [0.1, 0.15) is 55.4 Å². The van der Waals surface area contributed by atoms with Gasteiger partial charge in [0.15, 0.2) is 52.5 Å². The van der Waals surface area contributed by atoms with Gasteiger partial charge in [-0.15, -0.1) is 0 Å². The number of hydrogen-bond acceptors (Lipinski definition) is 25. The van der Waals surface area contributed by atoms with E-state index in [1.54, 1.807) is 165 Å². The number of pyridine rings is 3. The topological polar surface area (TPSA) is 345 Å². The van der Waals surface area contributed by atoms with Crippen LogP contribution in [0.5, 0.6) is 0 Å². The number of benzene rings is 3. The van der Waals surface area contributed by atoms with Crippen molar-refractivity contribution in [3.05, 3.63) is 158 Å². The highest BCUT2D eigenvalue weighted by molar-refractivity contribution is 6.75. The molecule has 40 heteroatoms. The molecule has 9 aromatic rings. The molecule has 0 atom stereocenters. The van der Waals surface area contributed by atoms with Gasteiger partial charge in [-0.05, 0) is 140 Å². The molecule has 26 nitrogen and oxygen atoms in total. The van der Waals surface area contributed by atoms with Crippen LogP contribution in [0, 0.1) is 0 Å². The molecule has 0 saturated carbocycles. The number of rotatable bonds is 19. The molecule has 0 bridgehead atoms. The Morgan fingerprint density at radius 2 is 0.830 bits per heavy atom. The van der Waals surface area contributed by atoms with Crippen LogP contribution in [0.3, 0.4) is 0 Å². The summed E-state index contributed by atoms with van der Waals surface area (Å²) in [4.78, 5) is 76.4. The molecule has 6 aromatic heterocycles. The first kappa shape index (κ1) is 93.0. The van der Waals surface area contributed by atoms with Crippen molar-refractivity contribution in [2.24, 2.45) is 0 Å². The highest BCUT2D eigenvalue weighted by Gasteiger charge is 2.26. The lowest BCUT2D eigenvalue weighted by Crippen LogP contribution is -2.38. The highest BCUT2D eigenvalue weighted by atomic mass is 35.5. The van der Waals surface area contributed by atoms with Crippen molar-refractivity contribution < 1.29 is 80.6 Å². The van der Waals surface area contributed by atoms with E-state index in [0.717, 1.165) is 4.90 Å². The number of alkyl halides is 6. The molecule has 0 aliphatic rings.